The number of halogens is 1. The lowest BCUT2D eigenvalue weighted by atomic mass is 9.99. The van der Waals surface area contributed by atoms with Crippen molar-refractivity contribution in [1.82, 2.24) is 4.90 Å². The van der Waals surface area contributed by atoms with Crippen LogP contribution in [0.15, 0.2) is 0 Å². The van der Waals surface area contributed by atoms with Crippen molar-refractivity contribution >= 4 is 15.9 Å². The fourth-order valence-corrected chi connectivity index (χ4v) is 2.80. The summed E-state index contributed by atoms with van der Waals surface area (Å²) in [7, 11) is 0. The Morgan fingerprint density at radius 3 is 2.79 bits per heavy atom. The van der Waals surface area contributed by atoms with E-state index in [-0.39, 0.29) is 0 Å². The van der Waals surface area contributed by atoms with Gasteiger partial charge >= 0.3 is 0 Å². The van der Waals surface area contributed by atoms with Crippen molar-refractivity contribution in [2.75, 3.05) is 18.4 Å². The highest BCUT2D eigenvalue weighted by molar-refractivity contribution is 9.09. The van der Waals surface area contributed by atoms with Crippen LogP contribution in [0.4, 0.5) is 0 Å². The molecule has 14 heavy (non-hydrogen) atoms. The molecule has 0 aromatic heterocycles. The molecular formula is C12H24BrN. The van der Waals surface area contributed by atoms with Gasteiger partial charge in [-0.05, 0) is 45.2 Å². The zero-order valence-electron chi connectivity index (χ0n) is 9.47. The monoisotopic (exact) mass is 261 g/mol. The van der Waals surface area contributed by atoms with E-state index >= 15 is 0 Å². The number of likely N-dealkylation sites (tertiary alicyclic amines) is 1. The second-order valence-corrected chi connectivity index (χ2v) is 5.14. The molecule has 0 N–H and O–H groups in total. The van der Waals surface area contributed by atoms with E-state index in [4.69, 9.17) is 0 Å². The number of rotatable bonds is 6. The summed E-state index contributed by atoms with van der Waals surface area (Å²) in [6, 6.07) is 0.896. The van der Waals surface area contributed by atoms with E-state index in [1.54, 1.807) is 0 Å². The number of unbranched alkanes of at least 4 members (excludes halogenated alkanes) is 2. The lowest BCUT2D eigenvalue weighted by molar-refractivity contribution is 0.141. The van der Waals surface area contributed by atoms with E-state index in [2.05, 4.69) is 27.8 Å². The summed E-state index contributed by atoms with van der Waals surface area (Å²) in [5, 5.41) is 1.17. The third kappa shape index (κ3) is 4.31. The first-order valence-electron chi connectivity index (χ1n) is 6.18. The average Bonchev–Trinajstić information content (AvgIpc) is 2.25. The molecule has 1 rings (SSSR count). The Morgan fingerprint density at radius 2 is 2.07 bits per heavy atom. The van der Waals surface area contributed by atoms with Gasteiger partial charge in [0.2, 0.25) is 0 Å². The predicted octanol–water partition coefficient (Wildman–Crippen LogP) is 3.82. The van der Waals surface area contributed by atoms with Crippen LogP contribution in [0.2, 0.25) is 0 Å². The number of alkyl halides is 1. The van der Waals surface area contributed by atoms with Gasteiger partial charge in [0, 0.05) is 11.4 Å². The van der Waals surface area contributed by atoms with E-state index in [0.29, 0.717) is 0 Å². The van der Waals surface area contributed by atoms with E-state index in [1.807, 2.05) is 0 Å². The van der Waals surface area contributed by atoms with E-state index in [9.17, 15) is 0 Å². The zero-order chi connectivity index (χ0) is 10.2. The van der Waals surface area contributed by atoms with Crippen LogP contribution in [0, 0.1) is 0 Å². The molecule has 1 fully saturated rings. The second kappa shape index (κ2) is 7.70. The minimum absolute atomic E-state index is 0.896. The molecule has 1 atom stereocenters. The molecule has 1 aliphatic heterocycles. The SMILES string of the molecule is CCC1CCCCN1CCCCCBr. The first-order chi connectivity index (χ1) is 6.88. The van der Waals surface area contributed by atoms with Gasteiger partial charge in [-0.25, -0.2) is 0 Å². The molecule has 0 aliphatic carbocycles. The number of hydrogen-bond acceptors (Lipinski definition) is 1. The predicted molar refractivity (Wildman–Crippen MR) is 67.1 cm³/mol. The number of nitrogens with zero attached hydrogens (tertiary/aromatic N) is 1. The normalized spacial score (nSPS) is 24.0. The fourth-order valence-electron chi connectivity index (χ4n) is 2.40. The van der Waals surface area contributed by atoms with Gasteiger partial charge in [0.15, 0.2) is 0 Å². The Bertz CT molecular complexity index is 138. The molecule has 1 nitrogen and oxygen atoms in total. The van der Waals surface area contributed by atoms with Gasteiger partial charge in [0.05, 0.1) is 0 Å². The maximum atomic E-state index is 3.49. The van der Waals surface area contributed by atoms with Gasteiger partial charge < -0.3 is 4.90 Å². The number of piperidine rings is 1. The molecule has 0 bridgehead atoms. The topological polar surface area (TPSA) is 3.24 Å². The molecule has 0 amide bonds. The van der Waals surface area contributed by atoms with E-state index < -0.39 is 0 Å². The molecule has 1 saturated heterocycles. The van der Waals surface area contributed by atoms with Crippen LogP contribution < -0.4 is 0 Å². The number of hydrogen-bond donors (Lipinski definition) is 0. The summed E-state index contributed by atoms with van der Waals surface area (Å²) in [5.74, 6) is 0. The molecule has 1 unspecified atom stereocenters. The first kappa shape index (κ1) is 12.5. The lowest BCUT2D eigenvalue weighted by Gasteiger charge is -2.35. The van der Waals surface area contributed by atoms with Crippen molar-refractivity contribution in [1.29, 1.82) is 0 Å². The summed E-state index contributed by atoms with van der Waals surface area (Å²) in [5.41, 5.74) is 0. The van der Waals surface area contributed by atoms with Crippen LogP contribution in [0.25, 0.3) is 0 Å². The highest BCUT2D eigenvalue weighted by Crippen LogP contribution is 2.19. The summed E-state index contributed by atoms with van der Waals surface area (Å²) >= 11 is 3.49. The van der Waals surface area contributed by atoms with Gasteiger partial charge in [-0.2, -0.15) is 0 Å². The van der Waals surface area contributed by atoms with Crippen molar-refractivity contribution < 1.29 is 0 Å². The molecule has 0 radical (unpaired) electrons. The van der Waals surface area contributed by atoms with Gasteiger partial charge in [0.1, 0.15) is 0 Å². The molecular weight excluding hydrogens is 238 g/mol. The molecule has 1 heterocycles. The van der Waals surface area contributed by atoms with Gasteiger partial charge in [-0.3, -0.25) is 0 Å². The first-order valence-corrected chi connectivity index (χ1v) is 7.30. The van der Waals surface area contributed by atoms with Crippen LogP contribution in [-0.2, 0) is 0 Å². The molecule has 1 aliphatic rings. The highest BCUT2D eigenvalue weighted by atomic mass is 79.9. The molecule has 0 aromatic rings. The summed E-state index contributed by atoms with van der Waals surface area (Å²) in [6.45, 7) is 5.03. The maximum Gasteiger partial charge on any atom is 0.00926 e. The van der Waals surface area contributed by atoms with Gasteiger partial charge in [0.25, 0.3) is 0 Å². The quantitative estimate of drug-likeness (QED) is 0.519. The van der Waals surface area contributed by atoms with Crippen molar-refractivity contribution in [2.45, 2.75) is 57.9 Å². The third-order valence-electron chi connectivity index (χ3n) is 3.30. The summed E-state index contributed by atoms with van der Waals surface area (Å²) < 4.78 is 0. The van der Waals surface area contributed by atoms with E-state index in [1.165, 1.54) is 63.4 Å². The highest BCUT2D eigenvalue weighted by Gasteiger charge is 2.19. The Labute approximate surface area is 97.4 Å². The largest absolute Gasteiger partial charge is 0.300 e. The minimum atomic E-state index is 0.896. The van der Waals surface area contributed by atoms with Crippen LogP contribution in [0.1, 0.15) is 51.9 Å². The molecule has 0 aromatic carbocycles. The van der Waals surface area contributed by atoms with Crippen LogP contribution in [0.3, 0.4) is 0 Å². The zero-order valence-corrected chi connectivity index (χ0v) is 11.1. The second-order valence-electron chi connectivity index (χ2n) is 4.34. The van der Waals surface area contributed by atoms with Crippen LogP contribution in [0.5, 0.6) is 0 Å². The Morgan fingerprint density at radius 1 is 1.21 bits per heavy atom. The lowest BCUT2D eigenvalue weighted by Crippen LogP contribution is -2.39. The Balaban J connectivity index is 2.13. The van der Waals surface area contributed by atoms with Crippen molar-refractivity contribution in [3.05, 3.63) is 0 Å². The standard InChI is InChI=1S/C12H24BrN/c1-2-12-8-4-7-11-14(12)10-6-3-5-9-13/h12H,2-11H2,1H3. The summed E-state index contributed by atoms with van der Waals surface area (Å²) in [4.78, 5) is 2.72. The Kier molecular flexibility index (Phi) is 6.88. The maximum absolute atomic E-state index is 3.49. The molecule has 0 saturated carbocycles. The molecule has 2 heteroatoms. The van der Waals surface area contributed by atoms with Gasteiger partial charge in [-0.1, -0.05) is 35.7 Å². The summed E-state index contributed by atoms with van der Waals surface area (Å²) in [6.07, 6.45) is 9.78. The van der Waals surface area contributed by atoms with Crippen molar-refractivity contribution in [3.63, 3.8) is 0 Å². The Hall–Kier alpha value is 0.440. The van der Waals surface area contributed by atoms with Crippen LogP contribution in [-0.4, -0.2) is 29.4 Å². The van der Waals surface area contributed by atoms with Crippen LogP contribution >= 0.6 is 15.9 Å². The third-order valence-corrected chi connectivity index (χ3v) is 3.86. The smallest absolute Gasteiger partial charge is 0.00926 e. The van der Waals surface area contributed by atoms with E-state index in [0.717, 1.165) is 6.04 Å². The average molecular weight is 262 g/mol. The molecule has 84 valence electrons. The molecule has 0 spiro atoms. The van der Waals surface area contributed by atoms with Crippen molar-refractivity contribution in [3.8, 4) is 0 Å². The fraction of sp³-hybridized carbons (Fsp3) is 1.00. The van der Waals surface area contributed by atoms with Gasteiger partial charge in [-0.15, -0.1) is 0 Å². The minimum Gasteiger partial charge on any atom is -0.300 e. The van der Waals surface area contributed by atoms with Crippen molar-refractivity contribution in [2.24, 2.45) is 0 Å².